The van der Waals surface area contributed by atoms with E-state index in [1.807, 2.05) is 13.8 Å². The van der Waals surface area contributed by atoms with Crippen molar-refractivity contribution in [3.05, 3.63) is 34.3 Å². The van der Waals surface area contributed by atoms with Crippen molar-refractivity contribution in [2.24, 2.45) is 0 Å². The first-order chi connectivity index (χ1) is 8.04. The van der Waals surface area contributed by atoms with E-state index in [1.54, 1.807) is 18.2 Å². The number of hydrogen-bond acceptors (Lipinski definition) is 1. The molecule has 0 saturated carbocycles. The average Bonchev–Trinajstić information content (AvgIpc) is 2.28. The predicted octanol–water partition coefficient (Wildman–Crippen LogP) is 3.79. The summed E-state index contributed by atoms with van der Waals surface area (Å²) in [6.07, 6.45) is 1.70. The average molecular weight is 274 g/mol. The van der Waals surface area contributed by atoms with Crippen LogP contribution in [-0.4, -0.2) is 17.8 Å². The maximum atomic E-state index is 11.8. The summed E-state index contributed by atoms with van der Waals surface area (Å²) < 4.78 is 0. The van der Waals surface area contributed by atoms with Gasteiger partial charge in [0.2, 0.25) is 0 Å². The number of carbonyl (C=O) groups is 1. The van der Waals surface area contributed by atoms with Crippen molar-refractivity contribution in [3.8, 4) is 0 Å². The molecule has 0 radical (unpaired) electrons. The van der Waals surface area contributed by atoms with E-state index in [0.29, 0.717) is 17.1 Å². The largest absolute Gasteiger partial charge is 0.352 e. The highest BCUT2D eigenvalue weighted by atomic mass is 35.5. The molecule has 0 fully saturated rings. The third-order valence-electron chi connectivity index (χ3n) is 2.62. The van der Waals surface area contributed by atoms with E-state index in [2.05, 4.69) is 5.32 Å². The fourth-order valence-electron chi connectivity index (χ4n) is 1.52. The summed E-state index contributed by atoms with van der Waals surface area (Å²) in [6, 6.07) is 5.25. The van der Waals surface area contributed by atoms with Crippen LogP contribution in [0.2, 0.25) is 5.02 Å². The van der Waals surface area contributed by atoms with Crippen molar-refractivity contribution in [2.45, 2.75) is 32.1 Å². The van der Waals surface area contributed by atoms with Crippen molar-refractivity contribution >= 4 is 29.1 Å². The zero-order chi connectivity index (χ0) is 12.8. The van der Waals surface area contributed by atoms with Crippen molar-refractivity contribution in [3.63, 3.8) is 0 Å². The summed E-state index contributed by atoms with van der Waals surface area (Å²) in [4.78, 5) is 11.8. The van der Waals surface area contributed by atoms with Gasteiger partial charge in [-0.05, 0) is 43.5 Å². The first-order valence-electron chi connectivity index (χ1n) is 5.73. The highest BCUT2D eigenvalue weighted by Gasteiger charge is 2.09. The van der Waals surface area contributed by atoms with E-state index < -0.39 is 0 Å². The minimum absolute atomic E-state index is 0.0702. The smallest absolute Gasteiger partial charge is 0.251 e. The summed E-state index contributed by atoms with van der Waals surface area (Å²) in [5.74, 6) is -0.0702. The number of amides is 1. The van der Waals surface area contributed by atoms with Crippen LogP contribution in [0.5, 0.6) is 0 Å². The molecule has 0 aliphatic heterocycles. The second kappa shape index (κ2) is 6.87. The molecule has 1 N–H and O–H groups in total. The minimum Gasteiger partial charge on any atom is -0.352 e. The Labute approximate surface area is 112 Å². The van der Waals surface area contributed by atoms with Crippen LogP contribution < -0.4 is 5.32 Å². The van der Waals surface area contributed by atoms with Gasteiger partial charge in [0.25, 0.3) is 5.91 Å². The van der Waals surface area contributed by atoms with Gasteiger partial charge >= 0.3 is 0 Å². The van der Waals surface area contributed by atoms with E-state index in [-0.39, 0.29) is 11.3 Å². The zero-order valence-electron chi connectivity index (χ0n) is 10.1. The van der Waals surface area contributed by atoms with Gasteiger partial charge in [-0.2, -0.15) is 0 Å². The second-order valence-electron chi connectivity index (χ2n) is 4.01. The molecule has 0 aromatic heterocycles. The lowest BCUT2D eigenvalue weighted by atomic mass is 10.1. The Balaban J connectivity index is 2.52. The standard InChI is InChI=1S/C13H17Cl2NO/c1-3-10(14)6-7-16-13(17)12-5-4-11(15)8-9(12)2/h4-5,8,10H,3,6-7H2,1-2H3,(H,16,17). The quantitative estimate of drug-likeness (QED) is 0.813. The van der Waals surface area contributed by atoms with Crippen LogP contribution in [-0.2, 0) is 0 Å². The molecule has 1 rings (SSSR count). The number of aryl methyl sites for hydroxylation is 1. The topological polar surface area (TPSA) is 29.1 Å². The molecule has 0 spiro atoms. The molecule has 0 bridgehead atoms. The van der Waals surface area contributed by atoms with Gasteiger partial charge in [0.15, 0.2) is 0 Å². The Morgan fingerprint density at radius 1 is 1.47 bits per heavy atom. The Bertz CT molecular complexity index is 393. The number of carbonyl (C=O) groups excluding carboxylic acids is 1. The summed E-state index contributed by atoms with van der Waals surface area (Å²) in [7, 11) is 0. The highest BCUT2D eigenvalue weighted by Crippen LogP contribution is 2.15. The monoisotopic (exact) mass is 273 g/mol. The van der Waals surface area contributed by atoms with E-state index in [1.165, 1.54) is 0 Å². The van der Waals surface area contributed by atoms with E-state index >= 15 is 0 Å². The molecule has 94 valence electrons. The van der Waals surface area contributed by atoms with Crippen molar-refractivity contribution in [2.75, 3.05) is 6.54 Å². The summed E-state index contributed by atoms with van der Waals surface area (Å²) in [5, 5.41) is 3.63. The number of rotatable bonds is 5. The van der Waals surface area contributed by atoms with Gasteiger partial charge < -0.3 is 5.32 Å². The Kier molecular flexibility index (Phi) is 5.79. The van der Waals surface area contributed by atoms with Crippen LogP contribution >= 0.6 is 23.2 Å². The molecule has 17 heavy (non-hydrogen) atoms. The van der Waals surface area contributed by atoms with E-state index in [0.717, 1.165) is 18.4 Å². The van der Waals surface area contributed by atoms with Crippen LogP contribution in [0.25, 0.3) is 0 Å². The normalized spacial score (nSPS) is 12.2. The second-order valence-corrected chi connectivity index (χ2v) is 5.06. The van der Waals surface area contributed by atoms with Gasteiger partial charge in [-0.3, -0.25) is 4.79 Å². The van der Waals surface area contributed by atoms with Gasteiger partial charge in [0, 0.05) is 22.5 Å². The number of hydrogen-bond donors (Lipinski definition) is 1. The third kappa shape index (κ3) is 4.57. The van der Waals surface area contributed by atoms with Crippen LogP contribution in [0.3, 0.4) is 0 Å². The lowest BCUT2D eigenvalue weighted by Crippen LogP contribution is -2.26. The molecule has 0 aliphatic carbocycles. The van der Waals surface area contributed by atoms with Gasteiger partial charge in [-0.1, -0.05) is 18.5 Å². The predicted molar refractivity (Wildman–Crippen MR) is 73.1 cm³/mol. The van der Waals surface area contributed by atoms with Crippen molar-refractivity contribution < 1.29 is 4.79 Å². The molecule has 4 heteroatoms. The Hall–Kier alpha value is -0.730. The Morgan fingerprint density at radius 3 is 2.76 bits per heavy atom. The molecule has 1 aromatic carbocycles. The van der Waals surface area contributed by atoms with Crippen molar-refractivity contribution in [1.29, 1.82) is 0 Å². The number of halogens is 2. The molecule has 2 nitrogen and oxygen atoms in total. The minimum atomic E-state index is -0.0702. The molecule has 1 unspecified atom stereocenters. The SMILES string of the molecule is CCC(Cl)CCNC(=O)c1ccc(Cl)cc1C. The molecule has 1 atom stereocenters. The fraction of sp³-hybridized carbons (Fsp3) is 0.462. The van der Waals surface area contributed by atoms with Crippen LogP contribution in [0.1, 0.15) is 35.7 Å². The highest BCUT2D eigenvalue weighted by molar-refractivity contribution is 6.30. The van der Waals surface area contributed by atoms with Gasteiger partial charge in [0.1, 0.15) is 0 Å². The number of benzene rings is 1. The maximum Gasteiger partial charge on any atom is 0.251 e. The third-order valence-corrected chi connectivity index (χ3v) is 3.38. The summed E-state index contributed by atoms with van der Waals surface area (Å²) >= 11 is 11.8. The number of nitrogens with one attached hydrogen (secondary N) is 1. The van der Waals surface area contributed by atoms with Crippen LogP contribution in [0, 0.1) is 6.92 Å². The molecular weight excluding hydrogens is 257 g/mol. The van der Waals surface area contributed by atoms with Gasteiger partial charge in [-0.25, -0.2) is 0 Å². The van der Waals surface area contributed by atoms with Crippen LogP contribution in [0.15, 0.2) is 18.2 Å². The Morgan fingerprint density at radius 2 is 2.18 bits per heavy atom. The lowest BCUT2D eigenvalue weighted by Gasteiger charge is -2.09. The lowest BCUT2D eigenvalue weighted by molar-refractivity contribution is 0.0952. The van der Waals surface area contributed by atoms with Crippen LogP contribution in [0.4, 0.5) is 0 Å². The summed E-state index contributed by atoms with van der Waals surface area (Å²) in [6.45, 7) is 4.50. The van der Waals surface area contributed by atoms with E-state index in [9.17, 15) is 4.79 Å². The van der Waals surface area contributed by atoms with Crippen molar-refractivity contribution in [1.82, 2.24) is 5.32 Å². The fourth-order valence-corrected chi connectivity index (χ4v) is 1.86. The molecule has 1 aromatic rings. The van der Waals surface area contributed by atoms with E-state index in [4.69, 9.17) is 23.2 Å². The first kappa shape index (κ1) is 14.3. The van der Waals surface area contributed by atoms with Gasteiger partial charge in [0.05, 0.1) is 0 Å². The summed E-state index contributed by atoms with van der Waals surface area (Å²) in [5.41, 5.74) is 1.55. The molecule has 0 aliphatic rings. The molecule has 1 amide bonds. The first-order valence-corrected chi connectivity index (χ1v) is 6.54. The van der Waals surface area contributed by atoms with Gasteiger partial charge in [-0.15, -0.1) is 11.6 Å². The zero-order valence-corrected chi connectivity index (χ0v) is 11.6. The molecule has 0 saturated heterocycles. The maximum absolute atomic E-state index is 11.8. The molecular formula is C13H17Cl2NO. The molecule has 0 heterocycles. The number of alkyl halides is 1.